The van der Waals surface area contributed by atoms with Crippen LogP contribution in [0.1, 0.15) is 27.7 Å². The van der Waals surface area contributed by atoms with E-state index in [-0.39, 0.29) is 22.8 Å². The molecule has 2 heterocycles. The minimum absolute atomic E-state index is 0.00827. The number of allylic oxidation sites excluding steroid dienone is 1. The first kappa shape index (κ1) is 14.3. The van der Waals surface area contributed by atoms with Crippen molar-refractivity contribution in [1.82, 2.24) is 4.90 Å². The second kappa shape index (κ2) is 4.76. The van der Waals surface area contributed by atoms with Crippen molar-refractivity contribution in [2.45, 2.75) is 43.8 Å². The molecule has 0 aromatic rings. The normalized spacial score (nSPS) is 32.4. The maximum Gasteiger partial charge on any atom is 0.260 e. The molecule has 0 bridgehead atoms. The molecule has 102 valence electrons. The Kier molecular flexibility index (Phi) is 3.78. The molecule has 3 nitrogen and oxygen atoms in total. The summed E-state index contributed by atoms with van der Waals surface area (Å²) >= 11 is 3.67. The number of β-lactam (4-membered cyclic amide) rings is 1. The third-order valence-electron chi connectivity index (χ3n) is 3.40. The molecule has 1 fully saturated rings. The highest BCUT2D eigenvalue weighted by Gasteiger charge is 2.55. The number of hydrogen-bond acceptors (Lipinski definition) is 4. The maximum atomic E-state index is 12.2. The van der Waals surface area contributed by atoms with Gasteiger partial charge in [0, 0.05) is 18.2 Å². The summed E-state index contributed by atoms with van der Waals surface area (Å²) in [6, 6.07) is 0. The molecule has 18 heavy (non-hydrogen) atoms. The van der Waals surface area contributed by atoms with Gasteiger partial charge in [0.2, 0.25) is 0 Å². The summed E-state index contributed by atoms with van der Waals surface area (Å²) in [5, 5.41) is 0.151. The van der Waals surface area contributed by atoms with E-state index >= 15 is 0 Å². The highest BCUT2D eigenvalue weighted by Crippen LogP contribution is 2.51. The van der Waals surface area contributed by atoms with E-state index in [1.165, 1.54) is 11.3 Å². The molecule has 1 amide bonds. The molecule has 2 aliphatic heterocycles. The first-order valence-electron chi connectivity index (χ1n) is 6.08. The van der Waals surface area contributed by atoms with Crippen molar-refractivity contribution in [1.29, 1.82) is 0 Å². The lowest BCUT2D eigenvalue weighted by Gasteiger charge is -2.54. The van der Waals surface area contributed by atoms with Gasteiger partial charge in [0.05, 0.1) is 4.58 Å². The van der Waals surface area contributed by atoms with E-state index in [9.17, 15) is 4.79 Å². The Balaban J connectivity index is 2.42. The van der Waals surface area contributed by atoms with Crippen LogP contribution in [0.25, 0.3) is 0 Å². The van der Waals surface area contributed by atoms with Gasteiger partial charge in [-0.2, -0.15) is 0 Å². The van der Waals surface area contributed by atoms with Crippen LogP contribution < -0.4 is 0 Å². The molecule has 0 saturated carbocycles. The Hall–Kier alpha value is -0.130. The molecule has 5 heteroatoms. The Morgan fingerprint density at radius 2 is 2.00 bits per heavy atom. The largest absolute Gasteiger partial charge is 0.368 e. The fraction of sp³-hybridized carbons (Fsp3) is 0.769. The Labute approximate surface area is 118 Å². The quantitative estimate of drug-likeness (QED) is 0.730. The number of methoxy groups -OCH3 is 1. The van der Waals surface area contributed by atoms with Crippen molar-refractivity contribution in [3.05, 3.63) is 11.3 Å². The summed E-state index contributed by atoms with van der Waals surface area (Å²) in [5.74, 6) is 0.110. The highest BCUT2D eigenvalue weighted by atomic mass is 32.2. The van der Waals surface area contributed by atoms with Gasteiger partial charge in [-0.25, -0.2) is 0 Å². The molecule has 2 aliphatic rings. The monoisotopic (exact) mass is 287 g/mol. The van der Waals surface area contributed by atoms with Gasteiger partial charge in [-0.1, -0.05) is 20.8 Å². The molecular weight excluding hydrogens is 266 g/mol. The van der Waals surface area contributed by atoms with Gasteiger partial charge in [0.25, 0.3) is 5.91 Å². The van der Waals surface area contributed by atoms with E-state index in [1.807, 2.05) is 28.4 Å². The van der Waals surface area contributed by atoms with Gasteiger partial charge >= 0.3 is 0 Å². The summed E-state index contributed by atoms with van der Waals surface area (Å²) in [4.78, 5) is 14.1. The molecule has 0 radical (unpaired) electrons. The molecule has 2 rings (SSSR count). The average molecular weight is 287 g/mol. The van der Waals surface area contributed by atoms with Crippen LogP contribution in [0.4, 0.5) is 0 Å². The fourth-order valence-corrected chi connectivity index (χ4v) is 5.26. The molecule has 0 aromatic carbocycles. The molecule has 1 unspecified atom stereocenters. The Morgan fingerprint density at radius 1 is 1.39 bits per heavy atom. The van der Waals surface area contributed by atoms with E-state index in [1.54, 1.807) is 7.11 Å². The number of carbonyl (C=O) groups excluding carboxylic acids is 1. The fourth-order valence-electron chi connectivity index (χ4n) is 2.74. The molecule has 3 atom stereocenters. The van der Waals surface area contributed by atoms with Gasteiger partial charge in [0.15, 0.2) is 6.10 Å². The molecule has 0 spiro atoms. The van der Waals surface area contributed by atoms with Crippen LogP contribution in [0.5, 0.6) is 0 Å². The number of nitrogens with zero attached hydrogens (tertiary/aromatic N) is 1. The number of rotatable bonds is 2. The second-order valence-electron chi connectivity index (χ2n) is 5.74. The Bertz CT molecular complexity index is 400. The van der Waals surface area contributed by atoms with E-state index in [2.05, 4.69) is 34.0 Å². The standard InChI is InChI=1S/C13H21NO2S2/c1-7-9(13(2,3)4)14-10(15)8(16-5)11(14)18-12(7)17-6/h8,11-12H,1-6H3/t8-,11-,12?/m0/s1. The average Bonchev–Trinajstić information content (AvgIpc) is 2.28. The van der Waals surface area contributed by atoms with Crippen LogP contribution in [0.2, 0.25) is 0 Å². The van der Waals surface area contributed by atoms with Crippen LogP contribution in [-0.4, -0.2) is 40.2 Å². The van der Waals surface area contributed by atoms with Gasteiger partial charge in [-0.05, 0) is 18.8 Å². The summed E-state index contributed by atoms with van der Waals surface area (Å²) in [5.41, 5.74) is 2.49. The topological polar surface area (TPSA) is 29.5 Å². The SMILES string of the molecule is CO[C@H]1C(=O)N2C(C(C)(C)C)=C(C)C(SC)S[C@@H]12. The van der Waals surface area contributed by atoms with E-state index in [4.69, 9.17) is 4.74 Å². The van der Waals surface area contributed by atoms with Crippen molar-refractivity contribution < 1.29 is 9.53 Å². The second-order valence-corrected chi connectivity index (χ2v) is 8.21. The third-order valence-corrected chi connectivity index (χ3v) is 6.43. The summed E-state index contributed by atoms with van der Waals surface area (Å²) in [6.45, 7) is 8.66. The van der Waals surface area contributed by atoms with Crippen molar-refractivity contribution in [2.75, 3.05) is 13.4 Å². The summed E-state index contributed by atoms with van der Waals surface area (Å²) in [6.07, 6.45) is 1.86. The Morgan fingerprint density at radius 3 is 2.44 bits per heavy atom. The van der Waals surface area contributed by atoms with Crippen molar-refractivity contribution in [3.63, 3.8) is 0 Å². The number of hydrogen-bond donors (Lipinski definition) is 0. The third kappa shape index (κ3) is 2.00. The first-order valence-corrected chi connectivity index (χ1v) is 8.31. The van der Waals surface area contributed by atoms with Crippen LogP contribution in [0.3, 0.4) is 0 Å². The first-order chi connectivity index (χ1) is 8.32. The predicted molar refractivity (Wildman–Crippen MR) is 78.5 cm³/mol. The number of ether oxygens (including phenoxy) is 1. The van der Waals surface area contributed by atoms with E-state index in [0.29, 0.717) is 4.58 Å². The van der Waals surface area contributed by atoms with Gasteiger partial charge in [-0.3, -0.25) is 9.69 Å². The summed E-state index contributed by atoms with van der Waals surface area (Å²) < 4.78 is 5.74. The van der Waals surface area contributed by atoms with Crippen molar-refractivity contribution in [2.24, 2.45) is 5.41 Å². The zero-order valence-electron chi connectivity index (χ0n) is 11.8. The minimum Gasteiger partial charge on any atom is -0.368 e. The van der Waals surface area contributed by atoms with E-state index in [0.717, 1.165) is 0 Å². The molecule has 0 N–H and O–H groups in total. The molecular formula is C13H21NO2S2. The maximum absolute atomic E-state index is 12.2. The van der Waals surface area contributed by atoms with Gasteiger partial charge < -0.3 is 4.74 Å². The van der Waals surface area contributed by atoms with Gasteiger partial charge in [0.1, 0.15) is 5.37 Å². The molecule has 0 aliphatic carbocycles. The lowest BCUT2D eigenvalue weighted by atomic mass is 9.85. The van der Waals surface area contributed by atoms with Crippen molar-refractivity contribution >= 4 is 29.4 Å². The number of carbonyl (C=O) groups is 1. The lowest BCUT2D eigenvalue weighted by Crippen LogP contribution is -2.66. The van der Waals surface area contributed by atoms with Crippen LogP contribution in [-0.2, 0) is 9.53 Å². The van der Waals surface area contributed by atoms with Crippen LogP contribution in [0, 0.1) is 5.41 Å². The predicted octanol–water partition coefficient (Wildman–Crippen LogP) is 2.93. The van der Waals surface area contributed by atoms with E-state index < -0.39 is 0 Å². The van der Waals surface area contributed by atoms with Crippen LogP contribution >= 0.6 is 23.5 Å². The molecule has 0 aromatic heterocycles. The zero-order valence-corrected chi connectivity index (χ0v) is 13.4. The van der Waals surface area contributed by atoms with Gasteiger partial charge in [-0.15, -0.1) is 23.5 Å². The lowest BCUT2D eigenvalue weighted by molar-refractivity contribution is -0.159. The highest BCUT2D eigenvalue weighted by molar-refractivity contribution is 8.17. The number of fused-ring (bicyclic) bond motifs is 1. The number of amides is 1. The minimum atomic E-state index is -0.268. The summed E-state index contributed by atoms with van der Waals surface area (Å²) in [7, 11) is 1.62. The molecule has 1 saturated heterocycles. The van der Waals surface area contributed by atoms with Crippen molar-refractivity contribution in [3.8, 4) is 0 Å². The smallest absolute Gasteiger partial charge is 0.260 e. The zero-order chi connectivity index (χ0) is 13.7. The number of thioether (sulfide) groups is 2. The van der Waals surface area contributed by atoms with Crippen LogP contribution in [0.15, 0.2) is 11.3 Å².